The van der Waals surface area contributed by atoms with Crippen molar-refractivity contribution in [1.29, 1.82) is 0 Å². The number of carbonyl (C=O) groups is 1. The monoisotopic (exact) mass is 236 g/mol. The fourth-order valence-electron chi connectivity index (χ4n) is 3.08. The van der Waals surface area contributed by atoms with Crippen molar-refractivity contribution in [2.24, 2.45) is 23.5 Å². The zero-order valence-corrected chi connectivity index (χ0v) is 10.5. The minimum atomic E-state index is 0.180. The molecule has 0 bridgehead atoms. The van der Waals surface area contributed by atoms with Crippen molar-refractivity contribution in [1.82, 2.24) is 5.32 Å². The third kappa shape index (κ3) is 3.32. The van der Waals surface area contributed by atoms with Gasteiger partial charge in [-0.15, -0.1) is 0 Å². The Labute approximate surface area is 104 Å². The summed E-state index contributed by atoms with van der Waals surface area (Å²) >= 11 is 0. The summed E-state index contributed by atoms with van der Waals surface area (Å²) in [5, 5.41) is 3.13. The van der Waals surface area contributed by atoms with E-state index in [-0.39, 0.29) is 11.8 Å². The van der Waals surface area contributed by atoms with Crippen LogP contribution in [0.4, 0.5) is 0 Å². The number of rotatable bonds is 4. The van der Waals surface area contributed by atoms with Crippen molar-refractivity contribution in [2.75, 3.05) is 13.1 Å². The maximum absolute atomic E-state index is 12.1. The quantitative estimate of drug-likeness (QED) is 0.732. The Morgan fingerprint density at radius 1 is 1.29 bits per heavy atom. The molecular formula is C14H24N2O. The van der Waals surface area contributed by atoms with Crippen LogP contribution in [0.1, 0.15) is 38.5 Å². The van der Waals surface area contributed by atoms with Crippen LogP contribution in [0.2, 0.25) is 0 Å². The first kappa shape index (κ1) is 12.6. The van der Waals surface area contributed by atoms with Crippen molar-refractivity contribution in [3.63, 3.8) is 0 Å². The minimum Gasteiger partial charge on any atom is -0.356 e. The maximum Gasteiger partial charge on any atom is 0.223 e. The van der Waals surface area contributed by atoms with Gasteiger partial charge in [-0.2, -0.15) is 0 Å². The second-order valence-corrected chi connectivity index (χ2v) is 5.43. The molecule has 0 aromatic carbocycles. The molecule has 3 atom stereocenters. The van der Waals surface area contributed by atoms with Crippen LogP contribution in [0.25, 0.3) is 0 Å². The molecule has 0 aliphatic heterocycles. The van der Waals surface area contributed by atoms with Crippen LogP contribution in [0.3, 0.4) is 0 Å². The minimum absolute atomic E-state index is 0.180. The molecule has 2 rings (SSSR count). The van der Waals surface area contributed by atoms with Gasteiger partial charge in [0.1, 0.15) is 0 Å². The summed E-state index contributed by atoms with van der Waals surface area (Å²) in [5.74, 6) is 1.48. The van der Waals surface area contributed by atoms with E-state index in [0.29, 0.717) is 18.4 Å². The molecule has 0 saturated heterocycles. The predicted octanol–water partition coefficient (Wildman–Crippen LogP) is 1.83. The molecular weight excluding hydrogens is 212 g/mol. The highest BCUT2D eigenvalue weighted by Gasteiger charge is 2.31. The van der Waals surface area contributed by atoms with E-state index < -0.39 is 0 Å². The Balaban J connectivity index is 1.74. The van der Waals surface area contributed by atoms with Gasteiger partial charge in [0.15, 0.2) is 0 Å². The van der Waals surface area contributed by atoms with Gasteiger partial charge in [0.2, 0.25) is 5.91 Å². The maximum atomic E-state index is 12.1. The average Bonchev–Trinajstić information content (AvgIpc) is 2.85. The molecule has 2 aliphatic rings. The molecule has 3 unspecified atom stereocenters. The number of allylic oxidation sites excluding steroid dienone is 2. The third-order valence-corrected chi connectivity index (χ3v) is 4.24. The zero-order valence-electron chi connectivity index (χ0n) is 10.5. The van der Waals surface area contributed by atoms with Crippen LogP contribution in [0.15, 0.2) is 12.2 Å². The zero-order chi connectivity index (χ0) is 12.1. The van der Waals surface area contributed by atoms with Crippen molar-refractivity contribution in [3.05, 3.63) is 12.2 Å². The summed E-state index contributed by atoms with van der Waals surface area (Å²) in [7, 11) is 0. The molecule has 3 heteroatoms. The number of amides is 1. The molecule has 3 N–H and O–H groups in total. The molecule has 17 heavy (non-hydrogen) atoms. The normalized spacial score (nSPS) is 32.6. The summed E-state index contributed by atoms with van der Waals surface area (Å²) < 4.78 is 0. The number of hydrogen-bond donors (Lipinski definition) is 2. The van der Waals surface area contributed by atoms with Gasteiger partial charge < -0.3 is 11.1 Å². The van der Waals surface area contributed by atoms with Crippen molar-refractivity contribution in [3.8, 4) is 0 Å². The van der Waals surface area contributed by atoms with E-state index in [9.17, 15) is 4.79 Å². The van der Waals surface area contributed by atoms with Crippen molar-refractivity contribution in [2.45, 2.75) is 38.5 Å². The molecule has 96 valence electrons. The lowest BCUT2D eigenvalue weighted by atomic mass is 9.93. The van der Waals surface area contributed by atoms with Gasteiger partial charge in [-0.25, -0.2) is 0 Å². The van der Waals surface area contributed by atoms with Gasteiger partial charge >= 0.3 is 0 Å². The van der Waals surface area contributed by atoms with Crippen molar-refractivity contribution >= 4 is 5.91 Å². The van der Waals surface area contributed by atoms with Gasteiger partial charge in [-0.1, -0.05) is 18.6 Å². The lowest BCUT2D eigenvalue weighted by Crippen LogP contribution is -2.37. The second-order valence-electron chi connectivity index (χ2n) is 5.43. The molecule has 1 amide bonds. The molecule has 0 aromatic rings. The first-order valence-corrected chi connectivity index (χ1v) is 6.94. The van der Waals surface area contributed by atoms with Crippen LogP contribution in [-0.4, -0.2) is 19.0 Å². The number of hydrogen-bond acceptors (Lipinski definition) is 2. The molecule has 3 nitrogen and oxygen atoms in total. The Morgan fingerprint density at radius 3 is 2.88 bits per heavy atom. The SMILES string of the molecule is NCC1CCCC1C(=O)NCC1CC=CCC1. The molecule has 0 radical (unpaired) electrons. The van der Waals surface area contributed by atoms with E-state index in [0.717, 1.165) is 38.6 Å². The number of nitrogens with two attached hydrogens (primary N) is 1. The average molecular weight is 236 g/mol. The van der Waals surface area contributed by atoms with Gasteiger partial charge in [-0.05, 0) is 50.5 Å². The predicted molar refractivity (Wildman–Crippen MR) is 69.4 cm³/mol. The fraction of sp³-hybridized carbons (Fsp3) is 0.786. The van der Waals surface area contributed by atoms with E-state index in [1.54, 1.807) is 0 Å². The highest BCUT2D eigenvalue weighted by atomic mass is 16.1. The molecule has 1 saturated carbocycles. The largest absolute Gasteiger partial charge is 0.356 e. The van der Waals surface area contributed by atoms with E-state index in [1.807, 2.05) is 0 Å². The lowest BCUT2D eigenvalue weighted by molar-refractivity contribution is -0.126. The van der Waals surface area contributed by atoms with Gasteiger partial charge in [0.05, 0.1) is 0 Å². The Hall–Kier alpha value is -0.830. The number of carbonyl (C=O) groups excluding carboxylic acids is 1. The lowest BCUT2D eigenvalue weighted by Gasteiger charge is -2.21. The van der Waals surface area contributed by atoms with Crippen LogP contribution < -0.4 is 11.1 Å². The molecule has 2 aliphatic carbocycles. The van der Waals surface area contributed by atoms with E-state index in [4.69, 9.17) is 5.73 Å². The Bertz CT molecular complexity index is 288. The summed E-state index contributed by atoms with van der Waals surface area (Å²) in [5.41, 5.74) is 5.71. The van der Waals surface area contributed by atoms with Crippen LogP contribution in [0, 0.1) is 17.8 Å². The standard InChI is InChI=1S/C14H24N2O/c15-9-12-7-4-8-13(12)14(17)16-10-11-5-2-1-3-6-11/h1-2,11-13H,3-10,15H2,(H,16,17). The second kappa shape index (κ2) is 6.20. The third-order valence-electron chi connectivity index (χ3n) is 4.24. The van der Waals surface area contributed by atoms with Crippen LogP contribution in [0.5, 0.6) is 0 Å². The van der Waals surface area contributed by atoms with E-state index in [1.165, 1.54) is 6.42 Å². The summed E-state index contributed by atoms with van der Waals surface area (Å²) in [6, 6.07) is 0. The summed E-state index contributed by atoms with van der Waals surface area (Å²) in [6.07, 6.45) is 11.3. The van der Waals surface area contributed by atoms with Gasteiger partial charge in [-0.3, -0.25) is 4.79 Å². The topological polar surface area (TPSA) is 55.1 Å². The smallest absolute Gasteiger partial charge is 0.223 e. The van der Waals surface area contributed by atoms with Gasteiger partial charge in [0.25, 0.3) is 0 Å². The molecule has 0 heterocycles. The van der Waals surface area contributed by atoms with Crippen molar-refractivity contribution < 1.29 is 4.79 Å². The van der Waals surface area contributed by atoms with Gasteiger partial charge in [0, 0.05) is 12.5 Å². The molecule has 1 fully saturated rings. The first-order chi connectivity index (χ1) is 8.31. The fourth-order valence-corrected chi connectivity index (χ4v) is 3.08. The van der Waals surface area contributed by atoms with Crippen LogP contribution in [-0.2, 0) is 4.79 Å². The van der Waals surface area contributed by atoms with E-state index in [2.05, 4.69) is 17.5 Å². The molecule has 0 spiro atoms. The first-order valence-electron chi connectivity index (χ1n) is 6.94. The Morgan fingerprint density at radius 2 is 2.18 bits per heavy atom. The highest BCUT2D eigenvalue weighted by molar-refractivity contribution is 5.79. The highest BCUT2D eigenvalue weighted by Crippen LogP contribution is 2.31. The van der Waals surface area contributed by atoms with E-state index >= 15 is 0 Å². The Kier molecular flexibility index (Phi) is 4.60. The summed E-state index contributed by atoms with van der Waals surface area (Å²) in [6.45, 7) is 1.50. The molecule has 0 aromatic heterocycles. The summed E-state index contributed by atoms with van der Waals surface area (Å²) in [4.78, 5) is 12.1. The number of nitrogens with one attached hydrogen (secondary N) is 1. The van der Waals surface area contributed by atoms with Crippen LogP contribution >= 0.6 is 0 Å².